The number of aromatic nitrogens is 1. The van der Waals surface area contributed by atoms with Gasteiger partial charge in [-0.25, -0.2) is 0 Å². The van der Waals surface area contributed by atoms with Crippen molar-refractivity contribution < 1.29 is 18.0 Å². The molecule has 144 valence electrons. The molecule has 3 rings (SSSR count). The number of nitriles is 1. The van der Waals surface area contributed by atoms with Gasteiger partial charge in [-0.2, -0.15) is 18.4 Å². The molecule has 0 aliphatic rings. The van der Waals surface area contributed by atoms with Gasteiger partial charge in [0.2, 0.25) is 5.91 Å². The summed E-state index contributed by atoms with van der Waals surface area (Å²) in [4.78, 5) is 11.5. The van der Waals surface area contributed by atoms with Crippen molar-refractivity contribution in [1.29, 1.82) is 5.26 Å². The molecular weight excluding hydrogens is 367 g/mol. The van der Waals surface area contributed by atoms with Crippen molar-refractivity contribution in [2.75, 3.05) is 5.32 Å². The highest BCUT2D eigenvalue weighted by molar-refractivity contribution is 5.95. The minimum Gasteiger partial charge on any atom is -0.340 e. The number of nitrogens with zero attached hydrogens (tertiary/aromatic N) is 2. The van der Waals surface area contributed by atoms with Crippen molar-refractivity contribution in [2.45, 2.75) is 33.0 Å². The van der Waals surface area contributed by atoms with Crippen LogP contribution in [0.15, 0.2) is 42.5 Å². The molecule has 0 aliphatic carbocycles. The van der Waals surface area contributed by atoms with E-state index in [4.69, 9.17) is 0 Å². The number of fused-ring (bicyclic) bond motifs is 1. The molecular formula is C21H18F3N3O. The average Bonchev–Trinajstić information content (AvgIpc) is 3.00. The Morgan fingerprint density at radius 3 is 2.36 bits per heavy atom. The number of aryl methyl sites for hydroxylation is 1. The molecule has 0 saturated heterocycles. The van der Waals surface area contributed by atoms with Crippen LogP contribution < -0.4 is 5.32 Å². The molecule has 0 atom stereocenters. The van der Waals surface area contributed by atoms with Crippen molar-refractivity contribution in [3.8, 4) is 17.3 Å². The van der Waals surface area contributed by atoms with Gasteiger partial charge in [0.05, 0.1) is 22.3 Å². The summed E-state index contributed by atoms with van der Waals surface area (Å²) in [6, 6.07) is 12.5. The normalized spacial score (nSPS) is 11.4. The Bertz CT molecular complexity index is 1070. The van der Waals surface area contributed by atoms with Crippen LogP contribution in [0.1, 0.15) is 31.4 Å². The smallest absolute Gasteiger partial charge is 0.340 e. The number of anilines is 1. The lowest BCUT2D eigenvalue weighted by molar-refractivity contribution is -0.137. The molecule has 0 aliphatic heterocycles. The minimum absolute atomic E-state index is 0.118. The molecule has 0 unspecified atom stereocenters. The number of hydrogen-bond acceptors (Lipinski definition) is 2. The fourth-order valence-corrected chi connectivity index (χ4v) is 3.23. The molecule has 0 spiro atoms. The van der Waals surface area contributed by atoms with Gasteiger partial charge < -0.3 is 9.88 Å². The Morgan fingerprint density at radius 2 is 1.82 bits per heavy atom. The highest BCUT2D eigenvalue weighted by Crippen LogP contribution is 2.37. The fraction of sp³-hybridized carbons (Fsp3) is 0.238. The second kappa shape index (κ2) is 7.39. The van der Waals surface area contributed by atoms with Crippen molar-refractivity contribution in [1.82, 2.24) is 4.57 Å². The van der Waals surface area contributed by atoms with E-state index in [0.717, 1.165) is 12.1 Å². The van der Waals surface area contributed by atoms with E-state index in [0.29, 0.717) is 46.4 Å². The lowest BCUT2D eigenvalue weighted by Crippen LogP contribution is -2.09. The van der Waals surface area contributed by atoms with Crippen molar-refractivity contribution in [2.24, 2.45) is 0 Å². The zero-order valence-electron chi connectivity index (χ0n) is 15.4. The van der Waals surface area contributed by atoms with Crippen LogP contribution in [0.25, 0.3) is 22.2 Å². The van der Waals surface area contributed by atoms with Gasteiger partial charge in [0.15, 0.2) is 0 Å². The molecule has 0 fully saturated rings. The van der Waals surface area contributed by atoms with Crippen molar-refractivity contribution in [3.05, 3.63) is 53.6 Å². The summed E-state index contributed by atoms with van der Waals surface area (Å²) in [5.74, 6) is -0.118. The number of nitrogens with one attached hydrogen (secondary N) is 1. The summed E-state index contributed by atoms with van der Waals surface area (Å²) < 4.78 is 41.1. The molecule has 1 heterocycles. The first-order valence-electron chi connectivity index (χ1n) is 8.84. The molecule has 7 heteroatoms. The average molecular weight is 385 g/mol. The predicted molar refractivity (Wildman–Crippen MR) is 102 cm³/mol. The molecule has 1 amide bonds. The minimum atomic E-state index is -4.46. The summed E-state index contributed by atoms with van der Waals surface area (Å²) in [7, 11) is 0. The van der Waals surface area contributed by atoms with Crippen LogP contribution in [-0.2, 0) is 17.5 Å². The number of alkyl halides is 3. The first kappa shape index (κ1) is 19.5. The molecule has 0 bridgehead atoms. The maximum atomic E-state index is 13.1. The molecule has 3 aromatic rings. The van der Waals surface area contributed by atoms with E-state index in [1.165, 1.54) is 6.07 Å². The first-order chi connectivity index (χ1) is 13.3. The zero-order valence-corrected chi connectivity index (χ0v) is 15.4. The number of hydrogen-bond donors (Lipinski definition) is 1. The zero-order chi connectivity index (χ0) is 20.5. The summed E-state index contributed by atoms with van der Waals surface area (Å²) in [5.41, 5.74) is 1.82. The Labute approximate surface area is 160 Å². The monoisotopic (exact) mass is 385 g/mol. The highest BCUT2D eigenvalue weighted by atomic mass is 19.4. The summed E-state index contributed by atoms with van der Waals surface area (Å²) in [6.45, 7) is 3.97. The molecule has 0 radical (unpaired) electrons. The maximum Gasteiger partial charge on any atom is 0.416 e. The van der Waals surface area contributed by atoms with Crippen LogP contribution in [0.2, 0.25) is 0 Å². The highest BCUT2D eigenvalue weighted by Gasteiger charge is 2.31. The Balaban J connectivity index is 2.17. The second-order valence-corrected chi connectivity index (χ2v) is 6.29. The predicted octanol–water partition coefficient (Wildman–Crippen LogP) is 5.57. The maximum absolute atomic E-state index is 13.1. The molecule has 28 heavy (non-hydrogen) atoms. The van der Waals surface area contributed by atoms with Crippen LogP contribution in [0.3, 0.4) is 0 Å². The van der Waals surface area contributed by atoms with Gasteiger partial charge in [0.1, 0.15) is 6.07 Å². The van der Waals surface area contributed by atoms with E-state index < -0.39 is 11.7 Å². The Hall–Kier alpha value is -3.27. The number of halogens is 3. The lowest BCUT2D eigenvalue weighted by atomic mass is 10.0. The third kappa shape index (κ3) is 3.46. The second-order valence-electron chi connectivity index (χ2n) is 6.29. The van der Waals surface area contributed by atoms with Crippen molar-refractivity contribution in [3.63, 3.8) is 0 Å². The number of carbonyl (C=O) groups excluding carboxylic acids is 1. The third-order valence-corrected chi connectivity index (χ3v) is 4.58. The van der Waals surface area contributed by atoms with E-state index >= 15 is 0 Å². The van der Waals surface area contributed by atoms with Crippen LogP contribution in [0.4, 0.5) is 18.9 Å². The van der Waals surface area contributed by atoms with Gasteiger partial charge in [-0.05, 0) is 36.8 Å². The quantitative estimate of drug-likeness (QED) is 0.639. The molecule has 0 saturated carbocycles. The molecule has 2 aromatic carbocycles. The molecule has 1 N–H and O–H groups in total. The van der Waals surface area contributed by atoms with Crippen molar-refractivity contribution >= 4 is 22.5 Å². The Morgan fingerprint density at radius 1 is 1.14 bits per heavy atom. The van der Waals surface area contributed by atoms with Gasteiger partial charge in [-0.1, -0.05) is 25.1 Å². The summed E-state index contributed by atoms with van der Waals surface area (Å²) in [6.07, 6.45) is -4.10. The number of rotatable bonds is 4. The molecule has 1 aromatic heterocycles. The van der Waals surface area contributed by atoms with Gasteiger partial charge >= 0.3 is 6.18 Å². The fourth-order valence-electron chi connectivity index (χ4n) is 3.23. The van der Waals surface area contributed by atoms with E-state index in [2.05, 4.69) is 11.4 Å². The Kier molecular flexibility index (Phi) is 5.14. The SMILES string of the molecule is CCC(=O)Nc1ccc(-c2c(C#N)c3ccc(C(F)(F)F)cc3n2CC)cc1. The third-order valence-electron chi connectivity index (χ3n) is 4.58. The number of carbonyl (C=O) groups is 1. The van der Waals surface area contributed by atoms with Gasteiger partial charge in [-0.3, -0.25) is 4.79 Å². The van der Waals surface area contributed by atoms with E-state index in [1.54, 1.807) is 35.8 Å². The van der Waals surface area contributed by atoms with Gasteiger partial charge in [0.25, 0.3) is 0 Å². The topological polar surface area (TPSA) is 57.8 Å². The lowest BCUT2D eigenvalue weighted by Gasteiger charge is -2.11. The van der Waals surface area contributed by atoms with Crippen LogP contribution in [-0.4, -0.2) is 10.5 Å². The number of benzene rings is 2. The standard InChI is InChI=1S/C21H18F3N3O/c1-3-19(28)26-15-8-5-13(6-9-15)20-17(12-25)16-10-7-14(21(22,23)24)11-18(16)27(20)4-2/h5-11H,3-4H2,1-2H3,(H,26,28). The first-order valence-corrected chi connectivity index (χ1v) is 8.84. The molecule has 4 nitrogen and oxygen atoms in total. The van der Waals surface area contributed by atoms with Crippen LogP contribution in [0.5, 0.6) is 0 Å². The summed E-state index contributed by atoms with van der Waals surface area (Å²) >= 11 is 0. The van der Waals surface area contributed by atoms with Gasteiger partial charge in [-0.15, -0.1) is 0 Å². The van der Waals surface area contributed by atoms with E-state index in [1.807, 2.05) is 6.92 Å². The van der Waals surface area contributed by atoms with Gasteiger partial charge in [0, 0.05) is 24.0 Å². The largest absolute Gasteiger partial charge is 0.416 e. The van der Waals surface area contributed by atoms with E-state index in [-0.39, 0.29) is 5.91 Å². The van der Waals surface area contributed by atoms with Crippen LogP contribution in [0, 0.1) is 11.3 Å². The van der Waals surface area contributed by atoms with E-state index in [9.17, 15) is 23.2 Å². The number of amides is 1. The van der Waals surface area contributed by atoms with Crippen LogP contribution >= 0.6 is 0 Å². The summed E-state index contributed by atoms with van der Waals surface area (Å²) in [5, 5.41) is 12.9.